The minimum Gasteiger partial charge on any atom is -0.399 e. The lowest BCUT2D eigenvalue weighted by Crippen LogP contribution is -1.90. The van der Waals surface area contributed by atoms with Gasteiger partial charge in [-0.05, 0) is 18.6 Å². The van der Waals surface area contributed by atoms with Crippen LogP contribution in [0.1, 0.15) is 5.56 Å². The lowest BCUT2D eigenvalue weighted by Gasteiger charge is -1.98. The van der Waals surface area contributed by atoms with Crippen molar-refractivity contribution in [1.29, 1.82) is 0 Å². The molecule has 2 aromatic heterocycles. The summed E-state index contributed by atoms with van der Waals surface area (Å²) in [7, 11) is 0. The number of nitrogen functional groups attached to an aromatic ring is 1. The molecule has 0 aliphatic carbocycles. The second-order valence-corrected chi connectivity index (χ2v) is 4.01. The molecule has 0 spiro atoms. The van der Waals surface area contributed by atoms with Gasteiger partial charge in [-0.25, -0.2) is 9.50 Å². The Morgan fingerprint density at radius 2 is 2.00 bits per heavy atom. The second-order valence-electron chi connectivity index (χ2n) is 4.01. The number of nitrogens with zero attached hydrogens (tertiary/aromatic N) is 3. The zero-order valence-corrected chi connectivity index (χ0v) is 9.46. The summed E-state index contributed by atoms with van der Waals surface area (Å²) in [6, 6.07) is 11.7. The monoisotopic (exact) mass is 224 g/mol. The van der Waals surface area contributed by atoms with E-state index in [1.165, 1.54) is 0 Å². The molecule has 1 aromatic carbocycles. The highest BCUT2D eigenvalue weighted by Crippen LogP contribution is 2.20. The van der Waals surface area contributed by atoms with Crippen LogP contribution in [-0.4, -0.2) is 14.6 Å². The van der Waals surface area contributed by atoms with Crippen molar-refractivity contribution in [3.63, 3.8) is 0 Å². The molecule has 4 heteroatoms. The summed E-state index contributed by atoms with van der Waals surface area (Å²) in [5.74, 6) is 0.730. The summed E-state index contributed by atoms with van der Waals surface area (Å²) in [4.78, 5) is 4.48. The van der Waals surface area contributed by atoms with Crippen LogP contribution < -0.4 is 5.73 Å². The van der Waals surface area contributed by atoms with Crippen molar-refractivity contribution >= 4 is 11.3 Å². The van der Waals surface area contributed by atoms with E-state index in [0.29, 0.717) is 5.69 Å². The Morgan fingerprint density at radius 1 is 1.18 bits per heavy atom. The van der Waals surface area contributed by atoms with Gasteiger partial charge in [0, 0.05) is 23.5 Å². The maximum atomic E-state index is 5.72. The Bertz CT molecular complexity index is 685. The molecule has 84 valence electrons. The van der Waals surface area contributed by atoms with Gasteiger partial charge in [0.2, 0.25) is 0 Å². The lowest BCUT2D eigenvalue weighted by atomic mass is 10.1. The summed E-state index contributed by atoms with van der Waals surface area (Å²) >= 11 is 0. The van der Waals surface area contributed by atoms with Gasteiger partial charge in [0.15, 0.2) is 11.5 Å². The number of fused-ring (bicyclic) bond motifs is 1. The predicted molar refractivity (Wildman–Crippen MR) is 67.6 cm³/mol. The highest BCUT2D eigenvalue weighted by atomic mass is 15.3. The molecule has 0 saturated heterocycles. The molecule has 0 bridgehead atoms. The van der Waals surface area contributed by atoms with Crippen molar-refractivity contribution in [3.05, 3.63) is 48.2 Å². The van der Waals surface area contributed by atoms with Crippen LogP contribution in [0.15, 0.2) is 42.6 Å². The number of anilines is 1. The van der Waals surface area contributed by atoms with Gasteiger partial charge >= 0.3 is 0 Å². The lowest BCUT2D eigenvalue weighted by molar-refractivity contribution is 0.966. The largest absolute Gasteiger partial charge is 0.399 e. The topological polar surface area (TPSA) is 56.2 Å². The third kappa shape index (κ3) is 1.63. The van der Waals surface area contributed by atoms with E-state index in [4.69, 9.17) is 5.73 Å². The molecular formula is C13H12N4. The van der Waals surface area contributed by atoms with Crippen molar-refractivity contribution in [2.45, 2.75) is 6.92 Å². The van der Waals surface area contributed by atoms with Crippen LogP contribution >= 0.6 is 0 Å². The number of benzene rings is 1. The van der Waals surface area contributed by atoms with Gasteiger partial charge in [0.1, 0.15) is 0 Å². The zero-order chi connectivity index (χ0) is 11.8. The van der Waals surface area contributed by atoms with Crippen LogP contribution in [-0.2, 0) is 0 Å². The third-order valence-corrected chi connectivity index (χ3v) is 2.75. The molecular weight excluding hydrogens is 212 g/mol. The molecule has 0 unspecified atom stereocenters. The fourth-order valence-electron chi connectivity index (χ4n) is 1.84. The first kappa shape index (κ1) is 9.84. The van der Waals surface area contributed by atoms with Crippen molar-refractivity contribution in [2.75, 3.05) is 5.73 Å². The van der Waals surface area contributed by atoms with Gasteiger partial charge in [-0.2, -0.15) is 0 Å². The molecule has 0 aliphatic heterocycles. The minimum atomic E-state index is 0.696. The van der Waals surface area contributed by atoms with Gasteiger partial charge in [0.25, 0.3) is 0 Å². The Hall–Kier alpha value is -2.36. The van der Waals surface area contributed by atoms with Gasteiger partial charge in [-0.3, -0.25) is 0 Å². The molecule has 0 aliphatic rings. The normalized spacial score (nSPS) is 10.9. The number of aryl methyl sites for hydroxylation is 1. The Kier molecular flexibility index (Phi) is 2.08. The van der Waals surface area contributed by atoms with Crippen molar-refractivity contribution < 1.29 is 0 Å². The molecule has 3 rings (SSSR count). The average molecular weight is 224 g/mol. The van der Waals surface area contributed by atoms with E-state index in [1.807, 2.05) is 36.5 Å². The first-order chi connectivity index (χ1) is 8.24. The van der Waals surface area contributed by atoms with E-state index in [1.54, 1.807) is 4.52 Å². The van der Waals surface area contributed by atoms with Crippen LogP contribution in [0.4, 0.5) is 5.69 Å². The van der Waals surface area contributed by atoms with E-state index < -0.39 is 0 Å². The van der Waals surface area contributed by atoms with Crippen LogP contribution in [0, 0.1) is 6.92 Å². The SMILES string of the molecule is Cc1ccccc1-c1nc2cc(N)ccn2n1. The highest BCUT2D eigenvalue weighted by Gasteiger charge is 2.08. The molecule has 0 amide bonds. The Morgan fingerprint density at radius 3 is 2.82 bits per heavy atom. The summed E-state index contributed by atoms with van der Waals surface area (Å²) in [5.41, 5.74) is 9.40. The Labute approximate surface area is 98.7 Å². The number of hydrogen-bond donors (Lipinski definition) is 1. The third-order valence-electron chi connectivity index (χ3n) is 2.75. The van der Waals surface area contributed by atoms with E-state index in [0.717, 1.165) is 22.6 Å². The molecule has 4 nitrogen and oxygen atoms in total. The smallest absolute Gasteiger partial charge is 0.182 e. The van der Waals surface area contributed by atoms with Crippen molar-refractivity contribution in [1.82, 2.24) is 14.6 Å². The summed E-state index contributed by atoms with van der Waals surface area (Å²) in [6.07, 6.45) is 1.82. The standard InChI is InChI=1S/C13H12N4/c1-9-4-2-3-5-11(9)13-15-12-8-10(14)6-7-17(12)16-13/h2-8H,14H2,1H3. The van der Waals surface area contributed by atoms with Crippen LogP contribution in [0.25, 0.3) is 17.0 Å². The number of aromatic nitrogens is 3. The Balaban J connectivity index is 2.22. The quantitative estimate of drug-likeness (QED) is 0.690. The summed E-state index contributed by atoms with van der Waals surface area (Å²) in [5, 5.41) is 4.43. The fraction of sp³-hybridized carbons (Fsp3) is 0.0769. The van der Waals surface area contributed by atoms with Gasteiger partial charge in [-0.1, -0.05) is 24.3 Å². The zero-order valence-electron chi connectivity index (χ0n) is 9.46. The van der Waals surface area contributed by atoms with E-state index in [9.17, 15) is 0 Å². The average Bonchev–Trinajstić information content (AvgIpc) is 2.72. The van der Waals surface area contributed by atoms with E-state index >= 15 is 0 Å². The molecule has 2 heterocycles. The predicted octanol–water partition coefficient (Wildman–Crippen LogP) is 2.29. The number of pyridine rings is 1. The first-order valence-electron chi connectivity index (χ1n) is 5.42. The number of hydrogen-bond acceptors (Lipinski definition) is 3. The molecule has 0 radical (unpaired) electrons. The van der Waals surface area contributed by atoms with Gasteiger partial charge in [-0.15, -0.1) is 5.10 Å². The van der Waals surface area contributed by atoms with Crippen LogP contribution in [0.3, 0.4) is 0 Å². The van der Waals surface area contributed by atoms with Crippen LogP contribution in [0.2, 0.25) is 0 Å². The van der Waals surface area contributed by atoms with Gasteiger partial charge in [0.05, 0.1) is 0 Å². The minimum absolute atomic E-state index is 0.696. The number of rotatable bonds is 1. The molecule has 0 fully saturated rings. The van der Waals surface area contributed by atoms with Crippen LogP contribution in [0.5, 0.6) is 0 Å². The van der Waals surface area contributed by atoms with Gasteiger partial charge < -0.3 is 5.73 Å². The highest BCUT2D eigenvalue weighted by molar-refractivity contribution is 5.63. The molecule has 17 heavy (non-hydrogen) atoms. The molecule has 0 saturated carbocycles. The summed E-state index contributed by atoms with van der Waals surface area (Å²) < 4.78 is 1.73. The maximum Gasteiger partial charge on any atom is 0.182 e. The summed E-state index contributed by atoms with van der Waals surface area (Å²) in [6.45, 7) is 2.05. The fourth-order valence-corrected chi connectivity index (χ4v) is 1.84. The number of nitrogens with two attached hydrogens (primary N) is 1. The van der Waals surface area contributed by atoms with E-state index in [-0.39, 0.29) is 0 Å². The molecule has 2 N–H and O–H groups in total. The second kappa shape index (κ2) is 3.59. The first-order valence-corrected chi connectivity index (χ1v) is 5.42. The van der Waals surface area contributed by atoms with E-state index in [2.05, 4.69) is 23.1 Å². The maximum absolute atomic E-state index is 5.72. The van der Waals surface area contributed by atoms with Crippen molar-refractivity contribution in [3.8, 4) is 11.4 Å². The molecule has 3 aromatic rings. The van der Waals surface area contributed by atoms with Crippen molar-refractivity contribution in [2.24, 2.45) is 0 Å². The molecule has 0 atom stereocenters.